The number of carbonyl (C=O) groups excluding carboxylic acids is 2. The topological polar surface area (TPSA) is 55.8 Å². The Bertz CT molecular complexity index is 518. The van der Waals surface area contributed by atoms with Gasteiger partial charge in [-0.2, -0.15) is 0 Å². The molecule has 1 aromatic rings. The predicted molar refractivity (Wildman–Crippen MR) is 75.3 cm³/mol. The zero-order chi connectivity index (χ0) is 14.8. The summed E-state index contributed by atoms with van der Waals surface area (Å²) in [4.78, 5) is 25.3. The van der Waals surface area contributed by atoms with Gasteiger partial charge in [-0.15, -0.1) is 0 Å². The van der Waals surface area contributed by atoms with Crippen LogP contribution in [0.25, 0.3) is 0 Å². The SMILES string of the molecule is CCOC(=O)C1C2CN(C(=O)OCc3ccccc3)CC21. The molecule has 2 atom stereocenters. The van der Waals surface area contributed by atoms with Gasteiger partial charge in [0.1, 0.15) is 6.61 Å². The number of rotatable bonds is 4. The highest BCUT2D eigenvalue weighted by Gasteiger charge is 2.61. The summed E-state index contributed by atoms with van der Waals surface area (Å²) in [6, 6.07) is 9.60. The fraction of sp³-hybridized carbons (Fsp3) is 0.500. The first-order valence-electron chi connectivity index (χ1n) is 7.33. The zero-order valence-electron chi connectivity index (χ0n) is 12.0. The molecular weight excluding hydrogens is 270 g/mol. The molecular formula is C16H19NO4. The highest BCUT2D eigenvalue weighted by Crippen LogP contribution is 2.52. The quantitative estimate of drug-likeness (QED) is 0.796. The standard InChI is InChI=1S/C16H19NO4/c1-2-20-15(18)14-12-8-17(9-13(12)14)16(19)21-10-11-6-4-3-5-7-11/h3-7,12-14H,2,8-10H2,1H3. The van der Waals surface area contributed by atoms with E-state index in [0.29, 0.717) is 19.7 Å². The highest BCUT2D eigenvalue weighted by molar-refractivity contribution is 5.78. The fourth-order valence-electron chi connectivity index (χ4n) is 3.07. The van der Waals surface area contributed by atoms with Crippen molar-refractivity contribution in [1.82, 2.24) is 4.90 Å². The molecule has 1 aliphatic carbocycles. The van der Waals surface area contributed by atoms with Crippen molar-refractivity contribution in [2.75, 3.05) is 19.7 Å². The second-order valence-corrected chi connectivity index (χ2v) is 5.55. The van der Waals surface area contributed by atoms with E-state index in [1.54, 1.807) is 4.90 Å². The van der Waals surface area contributed by atoms with Gasteiger partial charge < -0.3 is 14.4 Å². The van der Waals surface area contributed by atoms with Gasteiger partial charge in [-0.25, -0.2) is 4.79 Å². The molecule has 2 unspecified atom stereocenters. The average Bonchev–Trinajstić information content (AvgIpc) is 3.01. The lowest BCUT2D eigenvalue weighted by atomic mass is 10.2. The van der Waals surface area contributed by atoms with Crippen LogP contribution in [-0.4, -0.2) is 36.7 Å². The normalized spacial score (nSPS) is 26.1. The Morgan fingerprint density at radius 3 is 2.43 bits per heavy atom. The van der Waals surface area contributed by atoms with Crippen LogP contribution in [0.4, 0.5) is 4.79 Å². The van der Waals surface area contributed by atoms with Crippen molar-refractivity contribution in [3.63, 3.8) is 0 Å². The molecule has 112 valence electrons. The molecule has 1 heterocycles. The van der Waals surface area contributed by atoms with Gasteiger partial charge in [0.25, 0.3) is 0 Å². The van der Waals surface area contributed by atoms with Crippen LogP contribution >= 0.6 is 0 Å². The Labute approximate surface area is 123 Å². The zero-order valence-corrected chi connectivity index (χ0v) is 12.0. The molecule has 5 heteroatoms. The van der Waals surface area contributed by atoms with Gasteiger partial charge in [-0.3, -0.25) is 4.79 Å². The van der Waals surface area contributed by atoms with E-state index in [1.807, 2.05) is 37.3 Å². The summed E-state index contributed by atoms with van der Waals surface area (Å²) in [7, 11) is 0. The van der Waals surface area contributed by atoms with Gasteiger partial charge in [-0.05, 0) is 24.3 Å². The summed E-state index contributed by atoms with van der Waals surface area (Å²) < 4.78 is 10.3. The van der Waals surface area contributed by atoms with Gasteiger partial charge in [0, 0.05) is 13.1 Å². The summed E-state index contributed by atoms with van der Waals surface area (Å²) in [5, 5.41) is 0. The summed E-state index contributed by atoms with van der Waals surface area (Å²) in [6.07, 6.45) is -0.298. The number of ether oxygens (including phenoxy) is 2. The third-order valence-electron chi connectivity index (χ3n) is 4.22. The monoisotopic (exact) mass is 289 g/mol. The molecule has 1 amide bonds. The van der Waals surface area contributed by atoms with E-state index in [0.717, 1.165) is 5.56 Å². The van der Waals surface area contributed by atoms with E-state index in [-0.39, 0.29) is 36.4 Å². The molecule has 5 nitrogen and oxygen atoms in total. The number of esters is 1. The Balaban J connectivity index is 1.44. The lowest BCUT2D eigenvalue weighted by Gasteiger charge is -2.19. The fourth-order valence-corrected chi connectivity index (χ4v) is 3.07. The number of carbonyl (C=O) groups is 2. The molecule has 0 spiro atoms. The number of piperidine rings is 1. The van der Waals surface area contributed by atoms with E-state index < -0.39 is 0 Å². The smallest absolute Gasteiger partial charge is 0.410 e. The van der Waals surface area contributed by atoms with E-state index in [2.05, 4.69) is 0 Å². The maximum atomic E-state index is 12.0. The summed E-state index contributed by atoms with van der Waals surface area (Å²) >= 11 is 0. The maximum absolute atomic E-state index is 12.0. The van der Waals surface area contributed by atoms with Crippen LogP contribution in [0.2, 0.25) is 0 Å². The molecule has 1 aliphatic heterocycles. The molecule has 2 aliphatic rings. The van der Waals surface area contributed by atoms with Crippen molar-refractivity contribution < 1.29 is 19.1 Å². The number of amides is 1. The first-order chi connectivity index (χ1) is 10.2. The van der Waals surface area contributed by atoms with Crippen LogP contribution in [0.3, 0.4) is 0 Å². The first kappa shape index (κ1) is 13.9. The van der Waals surface area contributed by atoms with E-state index in [9.17, 15) is 9.59 Å². The second kappa shape index (κ2) is 5.76. The minimum absolute atomic E-state index is 0.0110. The van der Waals surface area contributed by atoms with Crippen LogP contribution in [0.5, 0.6) is 0 Å². The number of nitrogens with zero attached hydrogens (tertiary/aromatic N) is 1. The minimum Gasteiger partial charge on any atom is -0.466 e. The third-order valence-corrected chi connectivity index (χ3v) is 4.22. The Morgan fingerprint density at radius 1 is 1.14 bits per heavy atom. The second-order valence-electron chi connectivity index (χ2n) is 5.55. The number of hydrogen-bond donors (Lipinski definition) is 0. The molecule has 0 aromatic heterocycles. The lowest BCUT2D eigenvalue weighted by Crippen LogP contribution is -2.33. The molecule has 3 rings (SSSR count). The Hall–Kier alpha value is -2.04. The largest absolute Gasteiger partial charge is 0.466 e. The van der Waals surface area contributed by atoms with Crippen molar-refractivity contribution in [3.05, 3.63) is 35.9 Å². The summed E-state index contributed by atoms with van der Waals surface area (Å²) in [5.74, 6) is 0.384. The first-order valence-corrected chi connectivity index (χ1v) is 7.33. The van der Waals surface area contributed by atoms with Gasteiger partial charge in [-0.1, -0.05) is 30.3 Å². The molecule has 21 heavy (non-hydrogen) atoms. The van der Waals surface area contributed by atoms with Crippen LogP contribution in [0, 0.1) is 17.8 Å². The minimum atomic E-state index is -0.298. The maximum Gasteiger partial charge on any atom is 0.410 e. The molecule has 1 saturated carbocycles. The van der Waals surface area contributed by atoms with Crippen LogP contribution in [0.15, 0.2) is 30.3 Å². The van der Waals surface area contributed by atoms with Crippen LogP contribution in [0.1, 0.15) is 12.5 Å². The molecule has 1 saturated heterocycles. The van der Waals surface area contributed by atoms with E-state index >= 15 is 0 Å². The number of hydrogen-bond acceptors (Lipinski definition) is 4. The molecule has 2 fully saturated rings. The molecule has 0 radical (unpaired) electrons. The van der Waals surface area contributed by atoms with Crippen LogP contribution in [-0.2, 0) is 20.9 Å². The number of likely N-dealkylation sites (tertiary alicyclic amines) is 1. The summed E-state index contributed by atoms with van der Waals surface area (Å²) in [6.45, 7) is 3.71. The van der Waals surface area contributed by atoms with Gasteiger partial charge >= 0.3 is 12.1 Å². The number of fused-ring (bicyclic) bond motifs is 1. The van der Waals surface area contributed by atoms with E-state index in [4.69, 9.17) is 9.47 Å². The Morgan fingerprint density at radius 2 is 1.81 bits per heavy atom. The van der Waals surface area contributed by atoms with Crippen molar-refractivity contribution >= 4 is 12.1 Å². The van der Waals surface area contributed by atoms with Gasteiger partial charge in [0.2, 0.25) is 0 Å². The van der Waals surface area contributed by atoms with Crippen molar-refractivity contribution in [2.24, 2.45) is 17.8 Å². The van der Waals surface area contributed by atoms with Crippen molar-refractivity contribution in [2.45, 2.75) is 13.5 Å². The number of benzene rings is 1. The molecule has 0 bridgehead atoms. The highest BCUT2D eigenvalue weighted by atomic mass is 16.6. The predicted octanol–water partition coefficient (Wildman–Crippen LogP) is 2.06. The lowest BCUT2D eigenvalue weighted by molar-refractivity contribution is -0.145. The average molecular weight is 289 g/mol. The molecule has 0 N–H and O–H groups in total. The van der Waals surface area contributed by atoms with Gasteiger partial charge in [0.05, 0.1) is 12.5 Å². The molecule has 1 aromatic carbocycles. The van der Waals surface area contributed by atoms with Crippen molar-refractivity contribution in [1.29, 1.82) is 0 Å². The van der Waals surface area contributed by atoms with E-state index in [1.165, 1.54) is 0 Å². The van der Waals surface area contributed by atoms with Crippen LogP contribution < -0.4 is 0 Å². The third kappa shape index (κ3) is 2.86. The Kier molecular flexibility index (Phi) is 3.82. The summed E-state index contributed by atoms with van der Waals surface area (Å²) in [5.41, 5.74) is 0.972. The van der Waals surface area contributed by atoms with Crippen molar-refractivity contribution in [3.8, 4) is 0 Å². The van der Waals surface area contributed by atoms with Gasteiger partial charge in [0.15, 0.2) is 0 Å².